The average Bonchev–Trinajstić information content (AvgIpc) is 2.88. The SMILES string of the molecule is CC(C)(C)C(=O)OCCl.CC(C)(C)C(=O)OCOC(=O)c1ccccc1C=O.O=Cc1ccccc1C(=O)O. The van der Waals surface area contributed by atoms with Crippen LogP contribution in [0.4, 0.5) is 0 Å². The third-order valence-electron chi connectivity index (χ3n) is 4.42. The van der Waals surface area contributed by atoms with Gasteiger partial charge in [0.2, 0.25) is 6.79 Å². The molecule has 0 aliphatic heterocycles. The molecule has 0 heterocycles. The summed E-state index contributed by atoms with van der Waals surface area (Å²) in [6.45, 7) is 9.95. The van der Waals surface area contributed by atoms with Gasteiger partial charge in [-0.1, -0.05) is 48.0 Å². The van der Waals surface area contributed by atoms with E-state index in [1.54, 1.807) is 65.8 Å². The summed E-state index contributed by atoms with van der Waals surface area (Å²) in [5, 5.41) is 8.54. The first kappa shape index (κ1) is 35.0. The summed E-state index contributed by atoms with van der Waals surface area (Å²) in [5.41, 5.74) is -0.469. The fourth-order valence-electron chi connectivity index (χ4n) is 2.28. The number of aromatic carboxylic acids is 1. The number of alkyl halides is 1. The van der Waals surface area contributed by atoms with Crippen LogP contribution in [-0.2, 0) is 23.8 Å². The zero-order valence-corrected chi connectivity index (χ0v) is 23.4. The van der Waals surface area contributed by atoms with Crippen molar-refractivity contribution in [2.45, 2.75) is 41.5 Å². The molecule has 2 aromatic rings. The predicted molar refractivity (Wildman–Crippen MR) is 143 cm³/mol. The van der Waals surface area contributed by atoms with E-state index in [0.717, 1.165) is 0 Å². The molecule has 0 aromatic heterocycles. The highest BCUT2D eigenvalue weighted by atomic mass is 35.5. The van der Waals surface area contributed by atoms with Crippen molar-refractivity contribution in [3.05, 3.63) is 70.8 Å². The Balaban J connectivity index is 0.000000612. The van der Waals surface area contributed by atoms with E-state index in [1.165, 1.54) is 24.3 Å². The molecule has 2 rings (SSSR count). The summed E-state index contributed by atoms with van der Waals surface area (Å²) < 4.78 is 14.1. The highest BCUT2D eigenvalue weighted by molar-refractivity contribution is 6.17. The topological polar surface area (TPSA) is 150 Å². The molecule has 0 radical (unpaired) electrons. The van der Waals surface area contributed by atoms with Gasteiger partial charge in [0, 0.05) is 11.1 Å². The number of carbonyl (C=O) groups is 6. The maximum absolute atomic E-state index is 11.7. The van der Waals surface area contributed by atoms with Gasteiger partial charge in [-0.3, -0.25) is 19.2 Å². The number of hydrogen-bond donors (Lipinski definition) is 1. The predicted octanol–water partition coefficient (Wildman–Crippen LogP) is 5.17. The third kappa shape index (κ3) is 13.4. The molecule has 0 aliphatic rings. The molecular weight excluding hydrogens is 532 g/mol. The van der Waals surface area contributed by atoms with E-state index in [2.05, 4.69) is 4.74 Å². The summed E-state index contributed by atoms with van der Waals surface area (Å²) in [7, 11) is 0. The number of rotatable bonds is 7. The highest BCUT2D eigenvalue weighted by Gasteiger charge is 2.24. The van der Waals surface area contributed by atoms with Gasteiger partial charge in [-0.15, -0.1) is 0 Å². The van der Waals surface area contributed by atoms with Crippen LogP contribution in [0.5, 0.6) is 0 Å². The number of carbonyl (C=O) groups excluding carboxylic acids is 5. The van der Waals surface area contributed by atoms with Gasteiger partial charge in [0.25, 0.3) is 0 Å². The number of carboxylic acids is 1. The molecule has 11 heteroatoms. The van der Waals surface area contributed by atoms with Crippen LogP contribution in [0.15, 0.2) is 48.5 Å². The smallest absolute Gasteiger partial charge is 0.341 e. The normalized spacial score (nSPS) is 10.3. The van der Waals surface area contributed by atoms with Gasteiger partial charge in [-0.25, -0.2) is 9.59 Å². The Morgan fingerprint density at radius 1 is 0.718 bits per heavy atom. The van der Waals surface area contributed by atoms with Crippen molar-refractivity contribution >= 4 is 48.1 Å². The molecule has 0 fully saturated rings. The Kier molecular flexibility index (Phi) is 15.0. The molecule has 0 unspecified atom stereocenters. The largest absolute Gasteiger partial charge is 0.478 e. The van der Waals surface area contributed by atoms with Crippen molar-refractivity contribution in [3.8, 4) is 0 Å². The average molecular weight is 565 g/mol. The monoisotopic (exact) mass is 564 g/mol. The van der Waals surface area contributed by atoms with E-state index < -0.39 is 35.5 Å². The first-order valence-corrected chi connectivity index (χ1v) is 12.0. The lowest BCUT2D eigenvalue weighted by atomic mass is 9.98. The Bertz CT molecular complexity index is 1140. The van der Waals surface area contributed by atoms with Crippen LogP contribution >= 0.6 is 11.6 Å². The lowest BCUT2D eigenvalue weighted by molar-refractivity contribution is -0.161. The maximum atomic E-state index is 11.7. The second kappa shape index (κ2) is 16.7. The Morgan fingerprint density at radius 3 is 1.49 bits per heavy atom. The number of hydrogen-bond acceptors (Lipinski definition) is 9. The lowest BCUT2D eigenvalue weighted by Gasteiger charge is -2.16. The summed E-state index contributed by atoms with van der Waals surface area (Å²) in [6.07, 6.45) is 1.10. The number of ether oxygens (including phenoxy) is 3. The van der Waals surface area contributed by atoms with Crippen LogP contribution in [0, 0.1) is 10.8 Å². The van der Waals surface area contributed by atoms with E-state index >= 15 is 0 Å². The van der Waals surface area contributed by atoms with E-state index in [1.807, 2.05) is 0 Å². The fraction of sp³-hybridized carbons (Fsp3) is 0.357. The van der Waals surface area contributed by atoms with Crippen molar-refractivity contribution in [1.29, 1.82) is 0 Å². The minimum Gasteiger partial charge on any atom is -0.478 e. The molecule has 0 saturated carbocycles. The fourth-order valence-corrected chi connectivity index (χ4v) is 2.38. The van der Waals surface area contributed by atoms with Gasteiger partial charge in [0.05, 0.1) is 22.0 Å². The van der Waals surface area contributed by atoms with Crippen molar-refractivity contribution in [2.75, 3.05) is 12.9 Å². The van der Waals surface area contributed by atoms with Crippen LogP contribution in [0.1, 0.15) is 83.0 Å². The highest BCUT2D eigenvalue weighted by Crippen LogP contribution is 2.16. The molecule has 0 atom stereocenters. The number of halogens is 1. The molecule has 0 bridgehead atoms. The van der Waals surface area contributed by atoms with Crippen molar-refractivity contribution < 1.29 is 48.1 Å². The second-order valence-electron chi connectivity index (χ2n) is 9.74. The number of esters is 3. The first-order chi connectivity index (χ1) is 18.1. The van der Waals surface area contributed by atoms with Crippen molar-refractivity contribution in [3.63, 3.8) is 0 Å². The second-order valence-corrected chi connectivity index (χ2v) is 9.96. The summed E-state index contributed by atoms with van der Waals surface area (Å²) in [4.78, 5) is 65.3. The van der Waals surface area contributed by atoms with Gasteiger partial charge in [0.15, 0.2) is 18.6 Å². The molecule has 212 valence electrons. The summed E-state index contributed by atoms with van der Waals surface area (Å²) in [5.74, 6) is -2.52. The molecular formula is C28H33ClO10. The number of aldehydes is 2. The van der Waals surface area contributed by atoms with Crippen molar-refractivity contribution in [1.82, 2.24) is 0 Å². The molecule has 10 nitrogen and oxygen atoms in total. The zero-order chi connectivity index (χ0) is 30.2. The van der Waals surface area contributed by atoms with E-state index in [0.29, 0.717) is 12.6 Å². The number of carboxylic acid groups (broad SMARTS) is 1. The standard InChI is InChI=1S/C14H16O5.C8H6O3.C6H11ClO2/c1-14(2,3)13(17)19-9-18-12(16)11-7-5-4-6-10(11)8-15;9-5-6-3-1-2-4-7(6)8(10)11;1-6(2,3)5(8)9-4-7/h4-8H,9H2,1-3H3;1-5H,(H,10,11);4H2,1-3H3. The van der Waals surface area contributed by atoms with Crippen LogP contribution in [-0.4, -0.2) is 54.4 Å². The van der Waals surface area contributed by atoms with Crippen LogP contribution < -0.4 is 0 Å². The molecule has 2 aromatic carbocycles. The third-order valence-corrected chi connectivity index (χ3v) is 4.53. The van der Waals surface area contributed by atoms with Crippen LogP contribution in [0.2, 0.25) is 0 Å². The van der Waals surface area contributed by atoms with Crippen LogP contribution in [0.3, 0.4) is 0 Å². The molecule has 0 aliphatic carbocycles. The Morgan fingerprint density at radius 2 is 1.13 bits per heavy atom. The van der Waals surface area contributed by atoms with E-state index in [4.69, 9.17) is 26.2 Å². The summed E-state index contributed by atoms with van der Waals surface area (Å²) in [6, 6.07) is 12.2. The van der Waals surface area contributed by atoms with E-state index in [-0.39, 0.29) is 34.3 Å². The molecule has 39 heavy (non-hydrogen) atoms. The van der Waals surface area contributed by atoms with Crippen molar-refractivity contribution in [2.24, 2.45) is 10.8 Å². The van der Waals surface area contributed by atoms with Crippen LogP contribution in [0.25, 0.3) is 0 Å². The van der Waals surface area contributed by atoms with Gasteiger partial charge in [0.1, 0.15) is 0 Å². The lowest BCUT2D eigenvalue weighted by Crippen LogP contribution is -2.24. The molecule has 0 spiro atoms. The Hall–Kier alpha value is -4.05. The minimum absolute atomic E-state index is 0.0440. The quantitative estimate of drug-likeness (QED) is 0.206. The Labute approximate surface area is 232 Å². The number of benzene rings is 2. The first-order valence-electron chi connectivity index (χ1n) is 11.5. The minimum atomic E-state index is -1.08. The molecule has 0 amide bonds. The van der Waals surface area contributed by atoms with E-state index in [9.17, 15) is 28.8 Å². The summed E-state index contributed by atoms with van der Waals surface area (Å²) >= 11 is 5.16. The molecule has 1 N–H and O–H groups in total. The molecule has 0 saturated heterocycles. The maximum Gasteiger partial charge on any atom is 0.341 e. The van der Waals surface area contributed by atoms with Gasteiger partial charge < -0.3 is 19.3 Å². The van der Waals surface area contributed by atoms with Gasteiger partial charge >= 0.3 is 23.9 Å². The zero-order valence-electron chi connectivity index (χ0n) is 22.7. The van der Waals surface area contributed by atoms with Gasteiger partial charge in [-0.2, -0.15) is 0 Å². The van der Waals surface area contributed by atoms with Gasteiger partial charge in [-0.05, 0) is 53.7 Å².